The van der Waals surface area contributed by atoms with E-state index in [1.807, 2.05) is 0 Å². The number of rotatable bonds is 6. The minimum Gasteiger partial charge on any atom is -0.481 e. The second-order valence-electron chi connectivity index (χ2n) is 5.12. The van der Waals surface area contributed by atoms with Crippen LogP contribution in [0.2, 0.25) is 5.02 Å². The van der Waals surface area contributed by atoms with Crippen LogP contribution in [0.1, 0.15) is 28.3 Å². The first kappa shape index (κ1) is 17.0. The summed E-state index contributed by atoms with van der Waals surface area (Å²) in [6.07, 6.45) is -0.0991. The molecule has 0 amide bonds. The van der Waals surface area contributed by atoms with Gasteiger partial charge in [-0.15, -0.1) is 0 Å². The normalized spacial score (nSPS) is 11.9. The molecule has 0 saturated carbocycles. The van der Waals surface area contributed by atoms with Gasteiger partial charge >= 0.3 is 11.9 Å². The van der Waals surface area contributed by atoms with Crippen molar-refractivity contribution in [1.82, 2.24) is 0 Å². The van der Waals surface area contributed by atoms with Gasteiger partial charge in [-0.2, -0.15) is 0 Å². The molecule has 5 nitrogen and oxygen atoms in total. The van der Waals surface area contributed by atoms with Crippen LogP contribution in [0.3, 0.4) is 0 Å². The summed E-state index contributed by atoms with van der Waals surface area (Å²) < 4.78 is 0. The van der Waals surface area contributed by atoms with Gasteiger partial charge in [-0.25, -0.2) is 4.79 Å². The molecule has 0 fully saturated rings. The summed E-state index contributed by atoms with van der Waals surface area (Å²) in [6, 6.07) is 11.6. The molecule has 0 heterocycles. The number of hydrogen-bond acceptors (Lipinski definition) is 3. The Labute approximate surface area is 138 Å². The Morgan fingerprint density at radius 1 is 1.09 bits per heavy atom. The molecule has 0 aliphatic carbocycles. The van der Waals surface area contributed by atoms with E-state index in [0.717, 1.165) is 5.56 Å². The molecule has 120 valence electrons. The second kappa shape index (κ2) is 7.26. The van der Waals surface area contributed by atoms with Gasteiger partial charge in [-0.05, 0) is 35.9 Å². The predicted molar refractivity (Wildman–Crippen MR) is 87.9 cm³/mol. The van der Waals surface area contributed by atoms with E-state index < -0.39 is 11.9 Å². The van der Waals surface area contributed by atoms with Gasteiger partial charge < -0.3 is 15.9 Å². The van der Waals surface area contributed by atoms with E-state index in [1.54, 1.807) is 36.4 Å². The highest BCUT2D eigenvalue weighted by Gasteiger charge is 2.18. The third kappa shape index (κ3) is 3.88. The fraction of sp³-hybridized carbons (Fsp3) is 0.176. The maximum atomic E-state index is 11.4. The number of nitrogens with two attached hydrogens (primary N) is 1. The van der Waals surface area contributed by atoms with Crippen LogP contribution in [0, 0.1) is 0 Å². The SMILES string of the molecule is NC[C@H](CC(=O)O)c1ccc(Cl)c(-c2ccccc2C(=O)O)c1. The van der Waals surface area contributed by atoms with Gasteiger partial charge in [0.25, 0.3) is 0 Å². The summed E-state index contributed by atoms with van der Waals surface area (Å²) >= 11 is 6.22. The fourth-order valence-corrected chi connectivity index (χ4v) is 2.68. The van der Waals surface area contributed by atoms with Gasteiger partial charge in [0.15, 0.2) is 0 Å². The van der Waals surface area contributed by atoms with Gasteiger partial charge in [-0.3, -0.25) is 4.79 Å². The number of benzene rings is 2. The van der Waals surface area contributed by atoms with Crippen molar-refractivity contribution in [2.24, 2.45) is 5.73 Å². The number of aromatic carboxylic acids is 1. The summed E-state index contributed by atoms with van der Waals surface area (Å²) in [7, 11) is 0. The van der Waals surface area contributed by atoms with Crippen molar-refractivity contribution in [3.05, 3.63) is 58.6 Å². The summed E-state index contributed by atoms with van der Waals surface area (Å²) in [5, 5.41) is 18.7. The Bertz CT molecular complexity index is 745. The van der Waals surface area contributed by atoms with E-state index in [0.29, 0.717) is 16.1 Å². The number of halogens is 1. The minimum absolute atomic E-state index is 0.0991. The van der Waals surface area contributed by atoms with Crippen molar-refractivity contribution in [2.45, 2.75) is 12.3 Å². The van der Waals surface area contributed by atoms with Crippen LogP contribution in [0.25, 0.3) is 11.1 Å². The third-order valence-corrected chi connectivity index (χ3v) is 3.94. The largest absolute Gasteiger partial charge is 0.481 e. The predicted octanol–water partition coefficient (Wildman–Crippen LogP) is 3.22. The lowest BCUT2D eigenvalue weighted by molar-refractivity contribution is -0.137. The van der Waals surface area contributed by atoms with Crippen molar-refractivity contribution in [2.75, 3.05) is 6.54 Å². The number of hydrogen-bond donors (Lipinski definition) is 3. The molecule has 2 aromatic rings. The van der Waals surface area contributed by atoms with Crippen molar-refractivity contribution < 1.29 is 19.8 Å². The maximum absolute atomic E-state index is 11.4. The Morgan fingerprint density at radius 3 is 2.39 bits per heavy atom. The van der Waals surface area contributed by atoms with E-state index >= 15 is 0 Å². The zero-order valence-corrected chi connectivity index (χ0v) is 13.0. The molecule has 0 aromatic heterocycles. The van der Waals surface area contributed by atoms with Crippen LogP contribution in [-0.4, -0.2) is 28.7 Å². The quantitative estimate of drug-likeness (QED) is 0.753. The van der Waals surface area contributed by atoms with E-state index in [-0.39, 0.29) is 24.4 Å². The number of carbonyl (C=O) groups is 2. The van der Waals surface area contributed by atoms with Gasteiger partial charge in [0.1, 0.15) is 0 Å². The number of carboxylic acid groups (broad SMARTS) is 2. The average Bonchev–Trinajstić information content (AvgIpc) is 2.53. The summed E-state index contributed by atoms with van der Waals surface area (Å²) in [4.78, 5) is 22.3. The van der Waals surface area contributed by atoms with Crippen LogP contribution in [0.4, 0.5) is 0 Å². The Balaban J connectivity index is 2.54. The lowest BCUT2D eigenvalue weighted by atomic mass is 9.91. The first-order valence-electron chi connectivity index (χ1n) is 6.98. The molecule has 0 bridgehead atoms. The topological polar surface area (TPSA) is 101 Å². The summed E-state index contributed by atoms with van der Waals surface area (Å²) in [6.45, 7) is 0.175. The van der Waals surface area contributed by atoms with Gasteiger partial charge in [0, 0.05) is 16.5 Å². The first-order valence-corrected chi connectivity index (χ1v) is 7.35. The minimum atomic E-state index is -1.05. The van der Waals surface area contributed by atoms with E-state index in [1.165, 1.54) is 6.07 Å². The summed E-state index contributed by atoms with van der Waals surface area (Å²) in [5.74, 6) is -2.36. The second-order valence-corrected chi connectivity index (χ2v) is 5.53. The first-order chi connectivity index (χ1) is 10.9. The Kier molecular flexibility index (Phi) is 5.36. The standard InChI is InChI=1S/C17H16ClNO4/c18-15-6-5-10(11(9-19)8-16(20)21)7-14(15)12-3-1-2-4-13(12)17(22)23/h1-7,11H,8-9,19H2,(H,20,21)(H,22,23)/t11-/m0/s1. The molecule has 0 spiro atoms. The Hall–Kier alpha value is -2.37. The van der Waals surface area contributed by atoms with Gasteiger partial charge in [-0.1, -0.05) is 35.9 Å². The number of aliphatic carboxylic acids is 1. The summed E-state index contributed by atoms with van der Waals surface area (Å²) in [5.41, 5.74) is 7.55. The zero-order chi connectivity index (χ0) is 17.0. The van der Waals surface area contributed by atoms with E-state index in [4.69, 9.17) is 22.4 Å². The molecule has 0 radical (unpaired) electrons. The molecule has 0 aliphatic rings. The van der Waals surface area contributed by atoms with Crippen molar-refractivity contribution in [3.63, 3.8) is 0 Å². The number of carboxylic acids is 2. The molecule has 2 rings (SSSR count). The molecule has 23 heavy (non-hydrogen) atoms. The molecular formula is C17H16ClNO4. The van der Waals surface area contributed by atoms with Crippen LogP contribution >= 0.6 is 11.6 Å². The lowest BCUT2D eigenvalue weighted by Crippen LogP contribution is -2.16. The van der Waals surface area contributed by atoms with Crippen LogP contribution in [0.5, 0.6) is 0 Å². The molecule has 1 atom stereocenters. The molecule has 0 aliphatic heterocycles. The highest BCUT2D eigenvalue weighted by atomic mass is 35.5. The van der Waals surface area contributed by atoms with Gasteiger partial charge in [0.2, 0.25) is 0 Å². The molecule has 2 aromatic carbocycles. The molecule has 0 unspecified atom stereocenters. The fourth-order valence-electron chi connectivity index (χ4n) is 2.46. The molecule has 4 N–H and O–H groups in total. The molecule has 6 heteroatoms. The van der Waals surface area contributed by atoms with E-state index in [9.17, 15) is 14.7 Å². The average molecular weight is 334 g/mol. The van der Waals surface area contributed by atoms with Crippen LogP contribution in [-0.2, 0) is 4.79 Å². The van der Waals surface area contributed by atoms with Crippen molar-refractivity contribution in [1.29, 1.82) is 0 Å². The zero-order valence-electron chi connectivity index (χ0n) is 12.2. The monoisotopic (exact) mass is 333 g/mol. The highest BCUT2D eigenvalue weighted by Crippen LogP contribution is 2.33. The highest BCUT2D eigenvalue weighted by molar-refractivity contribution is 6.33. The van der Waals surface area contributed by atoms with Gasteiger partial charge in [0.05, 0.1) is 12.0 Å². The van der Waals surface area contributed by atoms with Crippen molar-refractivity contribution >= 4 is 23.5 Å². The van der Waals surface area contributed by atoms with Crippen LogP contribution < -0.4 is 5.73 Å². The third-order valence-electron chi connectivity index (χ3n) is 3.62. The molecular weight excluding hydrogens is 318 g/mol. The molecule has 0 saturated heterocycles. The van der Waals surface area contributed by atoms with E-state index in [2.05, 4.69) is 0 Å². The smallest absolute Gasteiger partial charge is 0.336 e. The Morgan fingerprint density at radius 2 is 1.78 bits per heavy atom. The maximum Gasteiger partial charge on any atom is 0.336 e. The lowest BCUT2D eigenvalue weighted by Gasteiger charge is -2.16. The van der Waals surface area contributed by atoms with Crippen molar-refractivity contribution in [3.8, 4) is 11.1 Å². The van der Waals surface area contributed by atoms with Crippen LogP contribution in [0.15, 0.2) is 42.5 Å².